The van der Waals surface area contributed by atoms with Crippen molar-refractivity contribution in [3.63, 3.8) is 0 Å². The van der Waals surface area contributed by atoms with Crippen LogP contribution in [0.5, 0.6) is 0 Å². The van der Waals surface area contributed by atoms with Crippen molar-refractivity contribution in [3.05, 3.63) is 69.4 Å². The summed E-state index contributed by atoms with van der Waals surface area (Å²) in [7, 11) is 0. The lowest BCUT2D eigenvalue weighted by Crippen LogP contribution is -2.23. The summed E-state index contributed by atoms with van der Waals surface area (Å²) >= 11 is 0. The number of aromatic nitrogens is 4. The molecule has 0 aliphatic carbocycles. The van der Waals surface area contributed by atoms with Crippen molar-refractivity contribution < 1.29 is 0 Å². The normalized spacial score (nSPS) is 10.7. The van der Waals surface area contributed by atoms with E-state index in [1.165, 1.54) is 6.07 Å². The van der Waals surface area contributed by atoms with Crippen molar-refractivity contribution in [2.75, 3.05) is 5.32 Å². The summed E-state index contributed by atoms with van der Waals surface area (Å²) in [5.41, 5.74) is 3.95. The van der Waals surface area contributed by atoms with Gasteiger partial charge < -0.3 is 0 Å². The van der Waals surface area contributed by atoms with Crippen LogP contribution in [0.1, 0.15) is 22.6 Å². The van der Waals surface area contributed by atoms with E-state index in [-0.39, 0.29) is 5.56 Å². The lowest BCUT2D eigenvalue weighted by molar-refractivity contribution is 0.911. The van der Waals surface area contributed by atoms with Crippen LogP contribution in [0.3, 0.4) is 0 Å². The van der Waals surface area contributed by atoms with Gasteiger partial charge in [0.15, 0.2) is 0 Å². The molecule has 0 spiro atoms. The highest BCUT2D eigenvalue weighted by atomic mass is 16.1. The predicted molar refractivity (Wildman–Crippen MR) is 94.1 cm³/mol. The van der Waals surface area contributed by atoms with Gasteiger partial charge in [-0.25, -0.2) is 19.5 Å². The molecular weight excluding hydrogens is 302 g/mol. The number of benzene rings is 1. The summed E-state index contributed by atoms with van der Waals surface area (Å²) in [5, 5.41) is 3.09. The third-order valence-corrected chi connectivity index (χ3v) is 3.61. The standard InChI is InChI=1S/C18H19N5O/c1-11-7-5-6-8-15(11)23-16(24)10-14(4)21-18(23)22-17-19-12(2)9-13(3)20-17/h5-10H,1-4H3,(H,19,20,21,22). The Morgan fingerprint density at radius 2 is 1.50 bits per heavy atom. The quantitative estimate of drug-likeness (QED) is 0.803. The number of anilines is 2. The van der Waals surface area contributed by atoms with Crippen molar-refractivity contribution in [1.82, 2.24) is 19.5 Å². The highest BCUT2D eigenvalue weighted by molar-refractivity contribution is 5.51. The van der Waals surface area contributed by atoms with Crippen LogP contribution in [0.15, 0.2) is 41.2 Å². The van der Waals surface area contributed by atoms with E-state index >= 15 is 0 Å². The molecule has 122 valence electrons. The highest BCUT2D eigenvalue weighted by Crippen LogP contribution is 2.18. The van der Waals surface area contributed by atoms with Gasteiger partial charge in [-0.05, 0) is 45.4 Å². The molecule has 0 saturated heterocycles. The van der Waals surface area contributed by atoms with Gasteiger partial charge in [0.25, 0.3) is 5.56 Å². The van der Waals surface area contributed by atoms with Gasteiger partial charge in [-0.3, -0.25) is 10.1 Å². The van der Waals surface area contributed by atoms with Gasteiger partial charge in [0.2, 0.25) is 11.9 Å². The maximum Gasteiger partial charge on any atom is 0.259 e. The molecule has 0 unspecified atom stereocenters. The minimum absolute atomic E-state index is 0.149. The molecule has 2 aromatic heterocycles. The highest BCUT2D eigenvalue weighted by Gasteiger charge is 2.12. The number of nitrogens with one attached hydrogen (secondary N) is 1. The second kappa shape index (κ2) is 6.23. The van der Waals surface area contributed by atoms with Gasteiger partial charge in [-0.2, -0.15) is 0 Å². The fourth-order valence-corrected chi connectivity index (χ4v) is 2.61. The van der Waals surface area contributed by atoms with Crippen LogP contribution in [-0.2, 0) is 0 Å². The smallest absolute Gasteiger partial charge is 0.259 e. The molecule has 2 heterocycles. The number of hydrogen-bond acceptors (Lipinski definition) is 5. The fraction of sp³-hybridized carbons (Fsp3) is 0.222. The molecule has 6 heteroatoms. The molecule has 6 nitrogen and oxygen atoms in total. The summed E-state index contributed by atoms with van der Waals surface area (Å²) in [6.45, 7) is 7.55. The van der Waals surface area contributed by atoms with Crippen LogP contribution in [0, 0.1) is 27.7 Å². The van der Waals surface area contributed by atoms with Gasteiger partial charge >= 0.3 is 0 Å². The predicted octanol–water partition coefficient (Wildman–Crippen LogP) is 3.00. The van der Waals surface area contributed by atoms with Crippen LogP contribution in [-0.4, -0.2) is 19.5 Å². The minimum atomic E-state index is -0.149. The molecule has 0 amide bonds. The molecule has 0 atom stereocenters. The van der Waals surface area contributed by atoms with Gasteiger partial charge in [0, 0.05) is 23.1 Å². The maximum absolute atomic E-state index is 12.6. The second-order valence-corrected chi connectivity index (χ2v) is 5.78. The second-order valence-electron chi connectivity index (χ2n) is 5.78. The summed E-state index contributed by atoms with van der Waals surface area (Å²) < 4.78 is 1.54. The minimum Gasteiger partial charge on any atom is -0.294 e. The Morgan fingerprint density at radius 3 is 2.17 bits per heavy atom. The van der Waals surface area contributed by atoms with Crippen LogP contribution < -0.4 is 10.9 Å². The molecule has 0 saturated carbocycles. The lowest BCUT2D eigenvalue weighted by Gasteiger charge is -2.15. The molecule has 3 aromatic rings. The van der Waals surface area contributed by atoms with E-state index in [0.717, 1.165) is 22.6 Å². The molecule has 3 rings (SSSR count). The van der Waals surface area contributed by atoms with Gasteiger partial charge in [-0.1, -0.05) is 18.2 Å². The summed E-state index contributed by atoms with van der Waals surface area (Å²) in [6, 6.07) is 11.1. The molecule has 0 aliphatic heterocycles. The number of para-hydroxylation sites is 1. The molecule has 0 bridgehead atoms. The van der Waals surface area contributed by atoms with E-state index in [4.69, 9.17) is 0 Å². The van der Waals surface area contributed by atoms with E-state index < -0.39 is 0 Å². The van der Waals surface area contributed by atoms with E-state index in [2.05, 4.69) is 20.3 Å². The van der Waals surface area contributed by atoms with Crippen molar-refractivity contribution in [2.24, 2.45) is 0 Å². The van der Waals surface area contributed by atoms with E-state index in [9.17, 15) is 4.79 Å². The number of nitrogens with zero attached hydrogens (tertiary/aromatic N) is 4. The Morgan fingerprint density at radius 1 is 0.875 bits per heavy atom. The topological polar surface area (TPSA) is 72.7 Å². The van der Waals surface area contributed by atoms with Crippen LogP contribution >= 0.6 is 0 Å². The maximum atomic E-state index is 12.6. The van der Waals surface area contributed by atoms with Crippen molar-refractivity contribution >= 4 is 11.9 Å². The van der Waals surface area contributed by atoms with Crippen LogP contribution in [0.4, 0.5) is 11.9 Å². The molecule has 1 aromatic carbocycles. The summed E-state index contributed by atoms with van der Waals surface area (Å²) in [5.74, 6) is 0.826. The Balaban J connectivity index is 2.17. The van der Waals surface area contributed by atoms with Gasteiger partial charge in [0.05, 0.1) is 5.69 Å². The van der Waals surface area contributed by atoms with Gasteiger partial charge in [-0.15, -0.1) is 0 Å². The largest absolute Gasteiger partial charge is 0.294 e. The Hall–Kier alpha value is -3.02. The molecule has 0 aliphatic rings. The number of hydrogen-bond donors (Lipinski definition) is 1. The number of rotatable bonds is 3. The zero-order valence-electron chi connectivity index (χ0n) is 14.2. The molecule has 0 radical (unpaired) electrons. The summed E-state index contributed by atoms with van der Waals surface area (Å²) in [6.07, 6.45) is 0. The van der Waals surface area contributed by atoms with Crippen molar-refractivity contribution in [2.45, 2.75) is 27.7 Å². The Bertz CT molecular complexity index is 942. The first-order chi connectivity index (χ1) is 11.4. The third-order valence-electron chi connectivity index (χ3n) is 3.61. The average Bonchev–Trinajstić information content (AvgIpc) is 2.47. The zero-order valence-corrected chi connectivity index (χ0v) is 14.2. The van der Waals surface area contributed by atoms with Gasteiger partial charge in [0.1, 0.15) is 0 Å². The van der Waals surface area contributed by atoms with E-state index in [0.29, 0.717) is 17.6 Å². The molecular formula is C18H19N5O. The van der Waals surface area contributed by atoms with E-state index in [1.54, 1.807) is 11.5 Å². The van der Waals surface area contributed by atoms with E-state index in [1.807, 2.05) is 51.1 Å². The zero-order chi connectivity index (χ0) is 17.3. The summed E-state index contributed by atoms with van der Waals surface area (Å²) in [4.78, 5) is 25.8. The first kappa shape index (κ1) is 15.9. The molecule has 24 heavy (non-hydrogen) atoms. The SMILES string of the molecule is Cc1cc(C)nc(Nc2nc(C)cc(=O)n2-c2ccccc2C)n1. The first-order valence-electron chi connectivity index (χ1n) is 7.70. The van der Waals surface area contributed by atoms with Crippen molar-refractivity contribution in [1.29, 1.82) is 0 Å². The number of aryl methyl sites for hydroxylation is 4. The third kappa shape index (κ3) is 3.17. The monoisotopic (exact) mass is 321 g/mol. The first-order valence-corrected chi connectivity index (χ1v) is 7.70. The fourth-order valence-electron chi connectivity index (χ4n) is 2.61. The van der Waals surface area contributed by atoms with Crippen molar-refractivity contribution in [3.8, 4) is 5.69 Å². The molecule has 1 N–H and O–H groups in total. The molecule has 0 fully saturated rings. The average molecular weight is 321 g/mol. The van der Waals surface area contributed by atoms with Crippen LogP contribution in [0.25, 0.3) is 5.69 Å². The lowest BCUT2D eigenvalue weighted by atomic mass is 10.2. The Labute approximate surface area is 140 Å². The van der Waals surface area contributed by atoms with Crippen LogP contribution in [0.2, 0.25) is 0 Å². The Kier molecular flexibility index (Phi) is 4.12.